The summed E-state index contributed by atoms with van der Waals surface area (Å²) in [6, 6.07) is 7.61. The topological polar surface area (TPSA) is 55.1 Å². The molecule has 0 aromatic heterocycles. The second-order valence-electron chi connectivity index (χ2n) is 3.84. The molecule has 1 aromatic rings. The molecule has 5 heteroatoms. The van der Waals surface area contributed by atoms with Crippen molar-refractivity contribution in [3.8, 4) is 0 Å². The van der Waals surface area contributed by atoms with Crippen molar-refractivity contribution in [1.29, 1.82) is 0 Å². The fraction of sp³-hybridized carbons (Fsp3) is 0.417. The Hall–Kier alpha value is -0.710. The number of amides is 1. The highest BCUT2D eigenvalue weighted by atomic mass is 35.5. The minimum atomic E-state index is 0.00979. The van der Waals surface area contributed by atoms with Crippen molar-refractivity contribution in [3.63, 3.8) is 0 Å². The third-order valence-corrected chi connectivity index (χ3v) is 3.63. The molecule has 94 valence electrons. The van der Waals surface area contributed by atoms with Crippen LogP contribution in [-0.2, 0) is 4.79 Å². The molecule has 17 heavy (non-hydrogen) atoms. The smallest absolute Gasteiger partial charge is 0.230 e. The van der Waals surface area contributed by atoms with Crippen LogP contribution in [-0.4, -0.2) is 24.2 Å². The molecule has 0 aliphatic rings. The zero-order valence-corrected chi connectivity index (χ0v) is 11.4. The summed E-state index contributed by atoms with van der Waals surface area (Å²) in [5.41, 5.74) is 5.59. The van der Waals surface area contributed by atoms with Gasteiger partial charge in [-0.3, -0.25) is 4.79 Å². The highest BCUT2D eigenvalue weighted by molar-refractivity contribution is 8.00. The van der Waals surface area contributed by atoms with Crippen molar-refractivity contribution in [2.45, 2.75) is 24.3 Å². The van der Waals surface area contributed by atoms with Crippen molar-refractivity contribution >= 4 is 29.3 Å². The van der Waals surface area contributed by atoms with Crippen LogP contribution >= 0.6 is 23.4 Å². The van der Waals surface area contributed by atoms with Gasteiger partial charge in [-0.2, -0.15) is 0 Å². The Bertz CT molecular complexity index is 371. The predicted molar refractivity (Wildman–Crippen MR) is 73.5 cm³/mol. The first-order valence-electron chi connectivity index (χ1n) is 5.49. The van der Waals surface area contributed by atoms with Gasteiger partial charge in [0.25, 0.3) is 0 Å². The SMILES string of the molecule is CC(N)CCNC(=O)CSc1ccccc1Cl. The van der Waals surface area contributed by atoms with Crippen LogP contribution in [0.25, 0.3) is 0 Å². The number of nitrogens with two attached hydrogens (primary N) is 1. The number of hydrogen-bond donors (Lipinski definition) is 2. The predicted octanol–water partition coefficient (Wildman–Crippen LogP) is 2.29. The molecule has 0 radical (unpaired) electrons. The average Bonchev–Trinajstić information content (AvgIpc) is 2.27. The molecule has 1 unspecified atom stereocenters. The van der Waals surface area contributed by atoms with Crippen molar-refractivity contribution in [2.24, 2.45) is 5.73 Å². The van der Waals surface area contributed by atoms with Gasteiger partial charge in [0.1, 0.15) is 0 Å². The van der Waals surface area contributed by atoms with E-state index in [0.29, 0.717) is 17.3 Å². The van der Waals surface area contributed by atoms with Crippen LogP contribution in [0.15, 0.2) is 29.2 Å². The zero-order valence-electron chi connectivity index (χ0n) is 9.78. The highest BCUT2D eigenvalue weighted by Crippen LogP contribution is 2.26. The van der Waals surface area contributed by atoms with E-state index in [1.54, 1.807) is 0 Å². The van der Waals surface area contributed by atoms with Crippen molar-refractivity contribution in [2.75, 3.05) is 12.3 Å². The van der Waals surface area contributed by atoms with E-state index >= 15 is 0 Å². The Morgan fingerprint density at radius 2 is 2.24 bits per heavy atom. The number of benzene rings is 1. The molecule has 0 aliphatic carbocycles. The Balaban J connectivity index is 2.26. The second kappa shape index (κ2) is 7.58. The maximum Gasteiger partial charge on any atom is 0.230 e. The Morgan fingerprint density at radius 3 is 2.88 bits per heavy atom. The second-order valence-corrected chi connectivity index (χ2v) is 5.26. The number of carbonyl (C=O) groups is 1. The monoisotopic (exact) mass is 272 g/mol. The molecular weight excluding hydrogens is 256 g/mol. The highest BCUT2D eigenvalue weighted by Gasteiger charge is 2.05. The van der Waals surface area contributed by atoms with E-state index in [1.807, 2.05) is 31.2 Å². The molecule has 1 rings (SSSR count). The number of thioether (sulfide) groups is 1. The molecule has 1 atom stereocenters. The third kappa shape index (κ3) is 5.96. The minimum Gasteiger partial charge on any atom is -0.355 e. The van der Waals surface area contributed by atoms with Gasteiger partial charge < -0.3 is 11.1 Å². The van der Waals surface area contributed by atoms with Gasteiger partial charge in [0, 0.05) is 17.5 Å². The molecule has 0 saturated carbocycles. The maximum absolute atomic E-state index is 11.5. The third-order valence-electron chi connectivity index (χ3n) is 2.12. The van der Waals surface area contributed by atoms with Gasteiger partial charge in [0.15, 0.2) is 0 Å². The van der Waals surface area contributed by atoms with Gasteiger partial charge in [0.2, 0.25) is 5.91 Å². The van der Waals surface area contributed by atoms with Gasteiger partial charge in [-0.05, 0) is 25.5 Å². The van der Waals surface area contributed by atoms with Gasteiger partial charge >= 0.3 is 0 Å². The lowest BCUT2D eigenvalue weighted by Crippen LogP contribution is -2.30. The van der Waals surface area contributed by atoms with Crippen LogP contribution in [0.5, 0.6) is 0 Å². The summed E-state index contributed by atoms with van der Waals surface area (Å²) in [4.78, 5) is 12.4. The Morgan fingerprint density at radius 1 is 1.53 bits per heavy atom. The zero-order chi connectivity index (χ0) is 12.7. The van der Waals surface area contributed by atoms with E-state index in [4.69, 9.17) is 17.3 Å². The summed E-state index contributed by atoms with van der Waals surface area (Å²) in [6.07, 6.45) is 0.794. The van der Waals surface area contributed by atoms with E-state index < -0.39 is 0 Å². The van der Waals surface area contributed by atoms with E-state index in [1.165, 1.54) is 11.8 Å². The number of hydrogen-bond acceptors (Lipinski definition) is 3. The van der Waals surface area contributed by atoms with E-state index in [2.05, 4.69) is 5.32 Å². The van der Waals surface area contributed by atoms with Crippen molar-refractivity contribution in [1.82, 2.24) is 5.32 Å². The molecule has 0 heterocycles. The maximum atomic E-state index is 11.5. The van der Waals surface area contributed by atoms with E-state index in [0.717, 1.165) is 11.3 Å². The molecule has 3 nitrogen and oxygen atoms in total. The number of halogens is 1. The van der Waals surface area contributed by atoms with Crippen LogP contribution in [0.3, 0.4) is 0 Å². The molecule has 1 amide bonds. The van der Waals surface area contributed by atoms with Crippen molar-refractivity contribution < 1.29 is 4.79 Å². The molecule has 0 saturated heterocycles. The lowest BCUT2D eigenvalue weighted by atomic mass is 10.2. The number of nitrogens with one attached hydrogen (secondary N) is 1. The van der Waals surface area contributed by atoms with Crippen LogP contribution < -0.4 is 11.1 Å². The Kier molecular flexibility index (Phi) is 6.40. The summed E-state index contributed by atoms with van der Waals surface area (Å²) in [7, 11) is 0. The van der Waals surface area contributed by atoms with Crippen LogP contribution in [0.4, 0.5) is 0 Å². The fourth-order valence-electron chi connectivity index (χ4n) is 1.20. The van der Waals surface area contributed by atoms with Gasteiger partial charge in [0.05, 0.1) is 10.8 Å². The molecule has 3 N–H and O–H groups in total. The molecule has 0 spiro atoms. The first-order chi connectivity index (χ1) is 8.09. The van der Waals surface area contributed by atoms with E-state index in [9.17, 15) is 4.79 Å². The van der Waals surface area contributed by atoms with Crippen LogP contribution in [0.2, 0.25) is 5.02 Å². The lowest BCUT2D eigenvalue weighted by molar-refractivity contribution is -0.118. The summed E-state index contributed by atoms with van der Waals surface area (Å²) < 4.78 is 0. The van der Waals surface area contributed by atoms with Crippen LogP contribution in [0.1, 0.15) is 13.3 Å². The molecule has 1 aromatic carbocycles. The van der Waals surface area contributed by atoms with E-state index in [-0.39, 0.29) is 11.9 Å². The van der Waals surface area contributed by atoms with Crippen LogP contribution in [0, 0.1) is 0 Å². The molecule has 0 fully saturated rings. The fourth-order valence-corrected chi connectivity index (χ4v) is 2.26. The summed E-state index contributed by atoms with van der Waals surface area (Å²) >= 11 is 7.42. The number of rotatable bonds is 6. The first kappa shape index (κ1) is 14.4. The first-order valence-corrected chi connectivity index (χ1v) is 6.85. The summed E-state index contributed by atoms with van der Waals surface area (Å²) in [5, 5.41) is 3.50. The van der Waals surface area contributed by atoms with Crippen molar-refractivity contribution in [3.05, 3.63) is 29.3 Å². The minimum absolute atomic E-state index is 0.00979. The molecule has 0 bridgehead atoms. The standard InChI is InChI=1S/C12H17ClN2OS/c1-9(14)6-7-15-12(16)8-17-11-5-3-2-4-10(11)13/h2-5,9H,6-8,14H2,1H3,(H,15,16). The average molecular weight is 273 g/mol. The van der Waals surface area contributed by atoms with Gasteiger partial charge in [-0.15, -0.1) is 11.8 Å². The molecular formula is C12H17ClN2OS. The summed E-state index contributed by atoms with van der Waals surface area (Å²) in [5.74, 6) is 0.387. The quantitative estimate of drug-likeness (QED) is 0.781. The Labute approximate surface area is 111 Å². The normalized spacial score (nSPS) is 12.2. The van der Waals surface area contributed by atoms with Gasteiger partial charge in [-0.25, -0.2) is 0 Å². The molecule has 0 aliphatic heterocycles. The summed E-state index contributed by atoms with van der Waals surface area (Å²) in [6.45, 7) is 2.55. The number of carbonyl (C=O) groups excluding carboxylic acids is 1. The van der Waals surface area contributed by atoms with Gasteiger partial charge in [-0.1, -0.05) is 23.7 Å². The largest absolute Gasteiger partial charge is 0.355 e. The lowest BCUT2D eigenvalue weighted by Gasteiger charge is -2.07.